The third kappa shape index (κ3) is 3.03. The second kappa shape index (κ2) is 7.03. The number of para-hydroxylation sites is 1. The van der Waals surface area contributed by atoms with Gasteiger partial charge in [0, 0.05) is 30.0 Å². The fraction of sp³-hybridized carbons (Fsp3) is 0.148. The highest BCUT2D eigenvalue weighted by molar-refractivity contribution is 5.81. The molecule has 30 heavy (non-hydrogen) atoms. The average Bonchev–Trinajstić information content (AvgIpc) is 2.74. The van der Waals surface area contributed by atoms with Crippen LogP contribution in [0.15, 0.2) is 79.1 Å². The van der Waals surface area contributed by atoms with Gasteiger partial charge in [-0.1, -0.05) is 30.3 Å². The first-order valence-corrected chi connectivity index (χ1v) is 10.3. The zero-order chi connectivity index (χ0) is 20.8. The summed E-state index contributed by atoms with van der Waals surface area (Å²) in [6, 6.07) is 23.6. The van der Waals surface area contributed by atoms with Crippen LogP contribution < -0.4 is 9.13 Å². The lowest BCUT2D eigenvalue weighted by molar-refractivity contribution is -0.661. The van der Waals surface area contributed by atoms with Gasteiger partial charge in [0.1, 0.15) is 6.20 Å². The zero-order valence-electron chi connectivity index (χ0n) is 17.8. The number of rotatable bonds is 2. The van der Waals surface area contributed by atoms with Crippen molar-refractivity contribution in [1.29, 1.82) is 0 Å². The Bertz CT molecular complexity index is 1330. The van der Waals surface area contributed by atoms with Crippen molar-refractivity contribution in [2.24, 2.45) is 7.05 Å². The first kappa shape index (κ1) is 18.4. The lowest BCUT2D eigenvalue weighted by Gasteiger charge is -2.10. The Morgan fingerprint density at radius 1 is 0.733 bits per heavy atom. The highest BCUT2D eigenvalue weighted by Gasteiger charge is 2.24. The SMILES string of the molecule is Cc1cc(-c2nc3ccccc3c[n+]2C)c(C)c(-[n+]2cc3ccccc3cc2C)c1. The third-order valence-electron chi connectivity index (χ3n) is 5.86. The number of nitrogens with zero attached hydrogens (tertiary/aromatic N) is 3. The van der Waals surface area contributed by atoms with Gasteiger partial charge in [-0.25, -0.2) is 4.57 Å². The Kier molecular flexibility index (Phi) is 4.32. The van der Waals surface area contributed by atoms with Crippen molar-refractivity contribution in [2.45, 2.75) is 20.8 Å². The summed E-state index contributed by atoms with van der Waals surface area (Å²) >= 11 is 0. The third-order valence-corrected chi connectivity index (χ3v) is 5.86. The highest BCUT2D eigenvalue weighted by Crippen LogP contribution is 2.26. The molecule has 3 aromatic carbocycles. The van der Waals surface area contributed by atoms with Crippen LogP contribution in [0, 0.1) is 20.8 Å². The Balaban J connectivity index is 1.76. The number of aromatic nitrogens is 3. The van der Waals surface area contributed by atoms with E-state index in [4.69, 9.17) is 4.98 Å². The predicted molar refractivity (Wildman–Crippen MR) is 122 cm³/mol. The second-order valence-electron chi connectivity index (χ2n) is 8.10. The van der Waals surface area contributed by atoms with E-state index in [2.05, 4.69) is 110 Å². The largest absolute Gasteiger partial charge is 0.331 e. The van der Waals surface area contributed by atoms with E-state index in [1.54, 1.807) is 0 Å². The van der Waals surface area contributed by atoms with Gasteiger partial charge in [0.15, 0.2) is 17.4 Å². The number of benzene rings is 3. The molecule has 0 atom stereocenters. The van der Waals surface area contributed by atoms with E-state index in [0.717, 1.165) is 16.7 Å². The summed E-state index contributed by atoms with van der Waals surface area (Å²) in [5.41, 5.74) is 7.04. The Morgan fingerprint density at radius 3 is 2.23 bits per heavy atom. The van der Waals surface area contributed by atoms with E-state index in [9.17, 15) is 0 Å². The molecule has 0 saturated carbocycles. The summed E-state index contributed by atoms with van der Waals surface area (Å²) in [5.74, 6) is 0.982. The zero-order valence-corrected chi connectivity index (χ0v) is 17.8. The van der Waals surface area contributed by atoms with Crippen LogP contribution in [0.25, 0.3) is 38.8 Å². The molecule has 0 fully saturated rings. The van der Waals surface area contributed by atoms with Crippen LogP contribution in [0.2, 0.25) is 0 Å². The molecule has 146 valence electrons. The summed E-state index contributed by atoms with van der Waals surface area (Å²) in [5, 5.41) is 3.65. The van der Waals surface area contributed by atoms with Gasteiger partial charge in [0.25, 0.3) is 0 Å². The van der Waals surface area contributed by atoms with Crippen LogP contribution >= 0.6 is 0 Å². The van der Waals surface area contributed by atoms with E-state index >= 15 is 0 Å². The van der Waals surface area contributed by atoms with Crippen molar-refractivity contribution in [2.75, 3.05) is 0 Å². The van der Waals surface area contributed by atoms with Crippen LogP contribution in [0.3, 0.4) is 0 Å². The summed E-state index contributed by atoms with van der Waals surface area (Å²) in [6.07, 6.45) is 4.40. The van der Waals surface area contributed by atoms with Crippen molar-refractivity contribution in [3.8, 4) is 17.1 Å². The minimum absolute atomic E-state index is 0.982. The van der Waals surface area contributed by atoms with E-state index in [0.29, 0.717) is 0 Å². The fourth-order valence-electron chi connectivity index (χ4n) is 4.29. The molecule has 2 heterocycles. The monoisotopic (exact) mass is 391 g/mol. The molecule has 0 aliphatic rings. The van der Waals surface area contributed by atoms with Crippen LogP contribution in [-0.2, 0) is 7.05 Å². The average molecular weight is 392 g/mol. The Labute approximate surface area is 176 Å². The smallest absolute Gasteiger partial charge is 0.232 e. The first-order chi connectivity index (χ1) is 14.5. The molecular formula is C27H25N3+2. The highest BCUT2D eigenvalue weighted by atomic mass is 15.0. The molecule has 3 nitrogen and oxygen atoms in total. The van der Waals surface area contributed by atoms with Gasteiger partial charge in [-0.3, -0.25) is 0 Å². The summed E-state index contributed by atoms with van der Waals surface area (Å²) < 4.78 is 4.43. The van der Waals surface area contributed by atoms with Gasteiger partial charge in [0.05, 0.1) is 18.0 Å². The van der Waals surface area contributed by atoms with Crippen molar-refractivity contribution < 1.29 is 9.13 Å². The Hall–Kier alpha value is -3.59. The maximum Gasteiger partial charge on any atom is 0.331 e. The molecule has 0 radical (unpaired) electrons. The van der Waals surface area contributed by atoms with Crippen LogP contribution in [0.1, 0.15) is 16.8 Å². The Morgan fingerprint density at radius 2 is 1.43 bits per heavy atom. The molecule has 0 amide bonds. The minimum Gasteiger partial charge on any atom is -0.232 e. The van der Waals surface area contributed by atoms with Crippen LogP contribution in [-0.4, -0.2) is 4.98 Å². The molecule has 0 saturated heterocycles. The van der Waals surface area contributed by atoms with Gasteiger partial charge < -0.3 is 0 Å². The molecular weight excluding hydrogens is 366 g/mol. The molecule has 5 rings (SSSR count). The molecule has 3 heteroatoms. The molecule has 5 aromatic rings. The van der Waals surface area contributed by atoms with Crippen molar-refractivity contribution in [3.05, 3.63) is 95.9 Å². The summed E-state index contributed by atoms with van der Waals surface area (Å²) in [6.45, 7) is 6.52. The lowest BCUT2D eigenvalue weighted by atomic mass is 10.0. The van der Waals surface area contributed by atoms with Crippen molar-refractivity contribution in [3.63, 3.8) is 0 Å². The molecule has 0 aliphatic carbocycles. The first-order valence-electron chi connectivity index (χ1n) is 10.3. The quantitative estimate of drug-likeness (QED) is 0.384. The fourth-order valence-corrected chi connectivity index (χ4v) is 4.29. The van der Waals surface area contributed by atoms with Gasteiger partial charge in [-0.05, 0) is 54.0 Å². The maximum atomic E-state index is 5.01. The topological polar surface area (TPSA) is 20.6 Å². The maximum absolute atomic E-state index is 5.01. The van der Waals surface area contributed by atoms with E-state index < -0.39 is 0 Å². The standard InChI is InChI=1S/C27H25N3/c1-18-13-24(27-28-25-12-8-7-11-23(25)16-29(27)4)20(3)26(14-18)30-17-22-10-6-5-9-21(22)15-19(30)2/h5-17H,1-4H3/q+2. The molecule has 0 N–H and O–H groups in total. The number of hydrogen-bond acceptors (Lipinski definition) is 1. The number of aryl methyl sites for hydroxylation is 3. The predicted octanol–water partition coefficient (Wildman–Crippen LogP) is 5.08. The molecule has 0 bridgehead atoms. The summed E-state index contributed by atoms with van der Waals surface area (Å²) in [7, 11) is 2.07. The van der Waals surface area contributed by atoms with E-state index in [1.165, 1.54) is 38.8 Å². The second-order valence-corrected chi connectivity index (χ2v) is 8.10. The number of pyridine rings is 1. The van der Waals surface area contributed by atoms with E-state index in [1.807, 2.05) is 6.07 Å². The molecule has 0 spiro atoms. The lowest BCUT2D eigenvalue weighted by Crippen LogP contribution is -2.36. The van der Waals surface area contributed by atoms with Gasteiger partial charge in [-0.15, -0.1) is 0 Å². The summed E-state index contributed by atoms with van der Waals surface area (Å²) in [4.78, 5) is 5.01. The molecule has 0 unspecified atom stereocenters. The van der Waals surface area contributed by atoms with Gasteiger partial charge in [0.2, 0.25) is 5.69 Å². The normalized spacial score (nSPS) is 11.3. The number of fused-ring (bicyclic) bond motifs is 2. The van der Waals surface area contributed by atoms with Crippen molar-refractivity contribution in [1.82, 2.24) is 4.98 Å². The molecule has 2 aromatic heterocycles. The minimum atomic E-state index is 0.982. The van der Waals surface area contributed by atoms with Crippen LogP contribution in [0.4, 0.5) is 0 Å². The molecule has 0 aliphatic heterocycles. The van der Waals surface area contributed by atoms with E-state index in [-0.39, 0.29) is 0 Å². The number of hydrogen-bond donors (Lipinski definition) is 0. The van der Waals surface area contributed by atoms with Crippen LogP contribution in [0.5, 0.6) is 0 Å². The van der Waals surface area contributed by atoms with Crippen molar-refractivity contribution >= 4 is 21.7 Å². The van der Waals surface area contributed by atoms with Gasteiger partial charge >= 0.3 is 5.82 Å². The van der Waals surface area contributed by atoms with Gasteiger partial charge in [-0.2, -0.15) is 4.57 Å².